The number of amides is 2. The minimum Gasteiger partial charge on any atom is -0.351 e. The zero-order valence-electron chi connectivity index (χ0n) is 16.6. The summed E-state index contributed by atoms with van der Waals surface area (Å²) in [7, 11) is 0. The maximum Gasteiger partial charge on any atom is 0.276 e. The summed E-state index contributed by atoms with van der Waals surface area (Å²) < 4.78 is 3.87. The first-order valence-corrected chi connectivity index (χ1v) is 11.5. The lowest BCUT2D eigenvalue weighted by atomic mass is 9.94. The molecule has 0 spiro atoms. The largest absolute Gasteiger partial charge is 0.351 e. The van der Waals surface area contributed by atoms with Crippen LogP contribution in [-0.2, 0) is 4.79 Å². The molecule has 1 N–H and O–H groups in total. The van der Waals surface area contributed by atoms with Gasteiger partial charge >= 0.3 is 0 Å². The monoisotopic (exact) mass is 412 g/mol. The molecule has 2 aromatic rings. The van der Waals surface area contributed by atoms with E-state index in [4.69, 9.17) is 0 Å². The normalized spacial score (nSPS) is 19.0. The van der Waals surface area contributed by atoms with Gasteiger partial charge in [-0.15, -0.1) is 5.10 Å². The molecular formula is C22H28N4O2S. The van der Waals surface area contributed by atoms with Gasteiger partial charge in [0.05, 0.1) is 0 Å². The number of hydrogen-bond acceptors (Lipinski definition) is 5. The van der Waals surface area contributed by atoms with Gasteiger partial charge in [-0.2, -0.15) is 0 Å². The van der Waals surface area contributed by atoms with Gasteiger partial charge in [-0.25, -0.2) is 0 Å². The third-order valence-electron chi connectivity index (χ3n) is 6.13. The van der Waals surface area contributed by atoms with Gasteiger partial charge in [0.2, 0.25) is 5.91 Å². The van der Waals surface area contributed by atoms with Gasteiger partial charge in [-0.1, -0.05) is 66.9 Å². The predicted molar refractivity (Wildman–Crippen MR) is 113 cm³/mol. The van der Waals surface area contributed by atoms with Gasteiger partial charge in [0.15, 0.2) is 5.69 Å². The summed E-state index contributed by atoms with van der Waals surface area (Å²) in [6.45, 7) is 0. The molecule has 0 bridgehead atoms. The molecule has 2 saturated carbocycles. The van der Waals surface area contributed by atoms with E-state index in [0.717, 1.165) is 68.5 Å². The highest BCUT2D eigenvalue weighted by molar-refractivity contribution is 7.03. The van der Waals surface area contributed by atoms with Gasteiger partial charge in [0, 0.05) is 17.5 Å². The van der Waals surface area contributed by atoms with Gasteiger partial charge in [-0.3, -0.25) is 9.59 Å². The Morgan fingerprint density at radius 3 is 2.34 bits per heavy atom. The van der Waals surface area contributed by atoms with Crippen molar-refractivity contribution in [2.45, 2.75) is 75.9 Å². The van der Waals surface area contributed by atoms with E-state index in [-0.39, 0.29) is 23.9 Å². The number of aromatic nitrogens is 2. The lowest BCUT2D eigenvalue weighted by Gasteiger charge is -2.36. The molecule has 1 aromatic heterocycles. The van der Waals surface area contributed by atoms with Crippen LogP contribution in [0, 0.1) is 0 Å². The summed E-state index contributed by atoms with van der Waals surface area (Å²) in [5, 5.41) is 8.93. The van der Waals surface area contributed by atoms with Crippen LogP contribution in [0.15, 0.2) is 35.7 Å². The quantitative estimate of drug-likeness (QED) is 0.775. The number of nitrogens with zero attached hydrogens (tertiary/aromatic N) is 3. The van der Waals surface area contributed by atoms with E-state index in [0.29, 0.717) is 5.69 Å². The molecule has 7 heteroatoms. The first-order chi connectivity index (χ1) is 14.2. The summed E-state index contributed by atoms with van der Waals surface area (Å²) in [6.07, 6.45) is 9.56. The highest BCUT2D eigenvalue weighted by Gasteiger charge is 2.39. The average Bonchev–Trinajstić information content (AvgIpc) is 3.47. The fourth-order valence-corrected chi connectivity index (χ4v) is 5.10. The van der Waals surface area contributed by atoms with E-state index < -0.39 is 6.04 Å². The van der Waals surface area contributed by atoms with Gasteiger partial charge in [0.1, 0.15) is 6.04 Å². The molecule has 1 aromatic carbocycles. The van der Waals surface area contributed by atoms with Crippen molar-refractivity contribution in [3.8, 4) is 0 Å². The Labute approximate surface area is 175 Å². The molecule has 2 fully saturated rings. The second-order valence-corrected chi connectivity index (χ2v) is 8.71. The van der Waals surface area contributed by atoms with Gasteiger partial charge < -0.3 is 10.2 Å². The Bertz CT molecular complexity index is 799. The van der Waals surface area contributed by atoms with Crippen molar-refractivity contribution in [3.63, 3.8) is 0 Å². The first kappa shape index (κ1) is 20.0. The maximum atomic E-state index is 13.5. The summed E-state index contributed by atoms with van der Waals surface area (Å²) >= 11 is 1.16. The Morgan fingerprint density at radius 2 is 1.69 bits per heavy atom. The SMILES string of the molecule is O=C(NC1CCCCC1)[C@@H](c1ccccc1)N(C(=O)c1csnn1)C1CCCC1. The van der Waals surface area contributed by atoms with E-state index in [1.54, 1.807) is 10.3 Å². The molecule has 154 valence electrons. The van der Waals surface area contributed by atoms with Crippen LogP contribution in [0.25, 0.3) is 0 Å². The Kier molecular flexibility index (Phi) is 6.54. The van der Waals surface area contributed by atoms with E-state index >= 15 is 0 Å². The third-order valence-corrected chi connectivity index (χ3v) is 6.63. The molecule has 0 saturated heterocycles. The van der Waals surface area contributed by atoms with E-state index in [1.165, 1.54) is 6.42 Å². The van der Waals surface area contributed by atoms with Crippen molar-refractivity contribution in [2.24, 2.45) is 0 Å². The summed E-state index contributed by atoms with van der Waals surface area (Å²) in [6, 6.07) is 9.28. The molecule has 2 aliphatic carbocycles. The fraction of sp³-hybridized carbons (Fsp3) is 0.545. The van der Waals surface area contributed by atoms with E-state index in [2.05, 4.69) is 14.9 Å². The molecule has 1 heterocycles. The minimum absolute atomic E-state index is 0.0477. The molecule has 29 heavy (non-hydrogen) atoms. The number of hydrogen-bond donors (Lipinski definition) is 1. The fourth-order valence-electron chi connectivity index (χ4n) is 4.67. The zero-order chi connectivity index (χ0) is 20.1. The van der Waals surface area contributed by atoms with Crippen LogP contribution >= 0.6 is 11.5 Å². The van der Waals surface area contributed by atoms with Crippen LogP contribution < -0.4 is 5.32 Å². The van der Waals surface area contributed by atoms with Crippen LogP contribution in [0.2, 0.25) is 0 Å². The molecule has 6 nitrogen and oxygen atoms in total. The van der Waals surface area contributed by atoms with Crippen molar-refractivity contribution in [1.82, 2.24) is 19.8 Å². The van der Waals surface area contributed by atoms with Gasteiger partial charge in [0.25, 0.3) is 5.91 Å². The number of nitrogens with one attached hydrogen (secondary N) is 1. The highest BCUT2D eigenvalue weighted by atomic mass is 32.1. The van der Waals surface area contributed by atoms with E-state index in [9.17, 15) is 9.59 Å². The predicted octanol–water partition coefficient (Wildman–Crippen LogP) is 4.11. The molecule has 0 radical (unpaired) electrons. The molecule has 0 aliphatic heterocycles. The molecule has 1 atom stereocenters. The summed E-state index contributed by atoms with van der Waals surface area (Å²) in [5.74, 6) is -0.273. The van der Waals surface area contributed by atoms with Crippen LogP contribution in [0.3, 0.4) is 0 Å². The number of benzene rings is 1. The van der Waals surface area contributed by atoms with Crippen molar-refractivity contribution in [3.05, 3.63) is 47.0 Å². The summed E-state index contributed by atoms with van der Waals surface area (Å²) in [5.41, 5.74) is 1.18. The van der Waals surface area contributed by atoms with Crippen molar-refractivity contribution in [2.75, 3.05) is 0 Å². The van der Waals surface area contributed by atoms with Gasteiger partial charge in [-0.05, 0) is 42.8 Å². The smallest absolute Gasteiger partial charge is 0.276 e. The van der Waals surface area contributed by atoms with E-state index in [1.807, 2.05) is 30.3 Å². The third kappa shape index (κ3) is 4.66. The summed E-state index contributed by atoms with van der Waals surface area (Å²) in [4.78, 5) is 28.8. The second-order valence-electron chi connectivity index (χ2n) is 8.10. The molecule has 0 unspecified atom stereocenters. The van der Waals surface area contributed by atoms with Crippen molar-refractivity contribution < 1.29 is 9.59 Å². The molecular weight excluding hydrogens is 384 g/mol. The Morgan fingerprint density at radius 1 is 1.00 bits per heavy atom. The lowest BCUT2D eigenvalue weighted by molar-refractivity contribution is -0.127. The zero-order valence-corrected chi connectivity index (χ0v) is 17.4. The van der Waals surface area contributed by atoms with Crippen molar-refractivity contribution >= 4 is 23.3 Å². The lowest BCUT2D eigenvalue weighted by Crippen LogP contribution is -2.50. The number of rotatable bonds is 6. The van der Waals surface area contributed by atoms with Crippen LogP contribution in [0.5, 0.6) is 0 Å². The Balaban J connectivity index is 1.67. The number of carbonyl (C=O) groups is 2. The van der Waals surface area contributed by atoms with Crippen LogP contribution in [0.4, 0.5) is 0 Å². The average molecular weight is 413 g/mol. The first-order valence-electron chi connectivity index (χ1n) is 10.7. The van der Waals surface area contributed by atoms with Crippen LogP contribution in [-0.4, -0.2) is 38.4 Å². The topological polar surface area (TPSA) is 75.2 Å². The highest BCUT2D eigenvalue weighted by Crippen LogP contribution is 2.33. The number of carbonyl (C=O) groups excluding carboxylic acids is 2. The van der Waals surface area contributed by atoms with Crippen molar-refractivity contribution in [1.29, 1.82) is 0 Å². The maximum absolute atomic E-state index is 13.5. The Hall–Kier alpha value is -2.28. The molecule has 2 aliphatic rings. The second kappa shape index (κ2) is 9.48. The minimum atomic E-state index is -0.643. The standard InChI is InChI=1S/C22H28N4O2S/c27-21(23-17-11-5-2-6-12-17)20(16-9-3-1-4-10-16)26(18-13-7-8-14-18)22(28)19-15-29-25-24-19/h1,3-4,9-10,15,17-18,20H,2,5-8,11-14H2,(H,23,27)/t20-/m1/s1. The molecule has 2 amide bonds. The van der Waals surface area contributed by atoms with Crippen LogP contribution in [0.1, 0.15) is 79.9 Å². The molecule has 4 rings (SSSR count).